The Labute approximate surface area is 124 Å². The SMILES string of the molecule is CC1=CC(C)CC(CNCc2ccc(C(C)C)cc2)C1. The molecule has 0 fully saturated rings. The third-order valence-corrected chi connectivity index (χ3v) is 4.29. The van der Waals surface area contributed by atoms with Crippen LogP contribution in [0.5, 0.6) is 0 Å². The molecule has 1 N–H and O–H groups in total. The summed E-state index contributed by atoms with van der Waals surface area (Å²) in [5.41, 5.74) is 4.39. The number of nitrogens with one attached hydrogen (secondary N) is 1. The second kappa shape index (κ2) is 7.08. The number of hydrogen-bond acceptors (Lipinski definition) is 1. The van der Waals surface area contributed by atoms with Gasteiger partial charge in [0.1, 0.15) is 0 Å². The highest BCUT2D eigenvalue weighted by Crippen LogP contribution is 2.27. The summed E-state index contributed by atoms with van der Waals surface area (Å²) in [5.74, 6) is 2.18. The molecule has 1 nitrogen and oxygen atoms in total. The van der Waals surface area contributed by atoms with Crippen LogP contribution in [0.4, 0.5) is 0 Å². The highest BCUT2D eigenvalue weighted by Gasteiger charge is 2.17. The van der Waals surface area contributed by atoms with Crippen molar-refractivity contribution in [3.63, 3.8) is 0 Å². The van der Waals surface area contributed by atoms with Gasteiger partial charge in [-0.25, -0.2) is 0 Å². The summed E-state index contributed by atoms with van der Waals surface area (Å²) >= 11 is 0. The summed E-state index contributed by atoms with van der Waals surface area (Å²) in [6.07, 6.45) is 5.03. The summed E-state index contributed by atoms with van der Waals surface area (Å²) in [6.45, 7) is 11.2. The van der Waals surface area contributed by atoms with Gasteiger partial charge in [0.05, 0.1) is 0 Å². The van der Waals surface area contributed by atoms with Gasteiger partial charge in [0.25, 0.3) is 0 Å². The van der Waals surface area contributed by atoms with E-state index in [1.54, 1.807) is 5.57 Å². The Morgan fingerprint density at radius 3 is 2.50 bits per heavy atom. The molecule has 0 radical (unpaired) electrons. The molecule has 0 saturated carbocycles. The number of rotatable bonds is 5. The first kappa shape index (κ1) is 15.3. The van der Waals surface area contributed by atoms with Crippen LogP contribution in [0.15, 0.2) is 35.9 Å². The van der Waals surface area contributed by atoms with Crippen molar-refractivity contribution in [3.8, 4) is 0 Å². The Kier molecular flexibility index (Phi) is 5.42. The predicted molar refractivity (Wildman–Crippen MR) is 87.9 cm³/mol. The zero-order chi connectivity index (χ0) is 14.5. The average Bonchev–Trinajstić information content (AvgIpc) is 2.38. The standard InChI is InChI=1S/C19H29N/c1-14(2)19-7-5-17(6-8-19)12-20-13-18-10-15(3)9-16(4)11-18/h5-9,14-15,18,20H,10-13H2,1-4H3. The normalized spacial score (nSPS) is 22.9. The molecular formula is C19H29N. The maximum Gasteiger partial charge on any atom is 0.0205 e. The molecular weight excluding hydrogens is 242 g/mol. The second-order valence-corrected chi connectivity index (χ2v) is 6.82. The van der Waals surface area contributed by atoms with E-state index in [0.717, 1.165) is 24.9 Å². The van der Waals surface area contributed by atoms with Crippen LogP contribution < -0.4 is 5.32 Å². The fourth-order valence-corrected chi connectivity index (χ4v) is 3.28. The van der Waals surface area contributed by atoms with Gasteiger partial charge in [-0.1, -0.05) is 56.7 Å². The van der Waals surface area contributed by atoms with E-state index in [1.165, 1.54) is 24.0 Å². The van der Waals surface area contributed by atoms with Crippen molar-refractivity contribution in [3.05, 3.63) is 47.0 Å². The number of hydrogen-bond donors (Lipinski definition) is 1. The number of allylic oxidation sites excluding steroid dienone is 2. The van der Waals surface area contributed by atoms with Gasteiger partial charge in [0.2, 0.25) is 0 Å². The van der Waals surface area contributed by atoms with Gasteiger partial charge in [-0.05, 0) is 55.2 Å². The molecule has 1 aliphatic rings. The summed E-state index contributed by atoms with van der Waals surface area (Å²) in [7, 11) is 0. The van der Waals surface area contributed by atoms with Crippen molar-refractivity contribution in [1.29, 1.82) is 0 Å². The highest BCUT2D eigenvalue weighted by molar-refractivity contribution is 5.24. The Bertz CT molecular complexity index is 441. The molecule has 0 amide bonds. The lowest BCUT2D eigenvalue weighted by Gasteiger charge is -2.25. The molecule has 2 unspecified atom stereocenters. The first-order valence-electron chi connectivity index (χ1n) is 8.01. The van der Waals surface area contributed by atoms with Gasteiger partial charge < -0.3 is 5.32 Å². The highest BCUT2D eigenvalue weighted by atomic mass is 14.9. The van der Waals surface area contributed by atoms with Crippen LogP contribution in [-0.4, -0.2) is 6.54 Å². The zero-order valence-electron chi connectivity index (χ0n) is 13.4. The molecule has 0 saturated heterocycles. The van der Waals surface area contributed by atoms with Crippen molar-refractivity contribution in [2.45, 2.75) is 53.0 Å². The van der Waals surface area contributed by atoms with Gasteiger partial charge in [0.15, 0.2) is 0 Å². The third kappa shape index (κ3) is 4.49. The largest absolute Gasteiger partial charge is 0.312 e. The molecule has 1 aliphatic carbocycles. The van der Waals surface area contributed by atoms with E-state index in [4.69, 9.17) is 0 Å². The predicted octanol–water partition coefficient (Wildman–Crippen LogP) is 4.89. The molecule has 1 aromatic carbocycles. The van der Waals surface area contributed by atoms with Gasteiger partial charge in [0, 0.05) is 6.54 Å². The van der Waals surface area contributed by atoms with E-state index in [9.17, 15) is 0 Å². The Hall–Kier alpha value is -1.08. The van der Waals surface area contributed by atoms with Crippen molar-refractivity contribution in [1.82, 2.24) is 5.32 Å². The van der Waals surface area contributed by atoms with Crippen LogP contribution in [0.2, 0.25) is 0 Å². The first-order chi connectivity index (χ1) is 9.54. The smallest absolute Gasteiger partial charge is 0.0205 e. The van der Waals surface area contributed by atoms with Crippen molar-refractivity contribution in [2.75, 3.05) is 6.54 Å². The quantitative estimate of drug-likeness (QED) is 0.752. The zero-order valence-corrected chi connectivity index (χ0v) is 13.4. The lowest BCUT2D eigenvalue weighted by atomic mass is 9.84. The summed E-state index contributed by atoms with van der Waals surface area (Å²) in [6, 6.07) is 9.04. The topological polar surface area (TPSA) is 12.0 Å². The second-order valence-electron chi connectivity index (χ2n) is 6.82. The van der Waals surface area contributed by atoms with E-state index in [1.807, 2.05) is 0 Å². The molecule has 2 atom stereocenters. The van der Waals surface area contributed by atoms with E-state index < -0.39 is 0 Å². The van der Waals surface area contributed by atoms with Crippen molar-refractivity contribution < 1.29 is 0 Å². The average molecular weight is 271 g/mol. The lowest BCUT2D eigenvalue weighted by Crippen LogP contribution is -2.25. The molecule has 1 heteroatoms. The van der Waals surface area contributed by atoms with Gasteiger partial charge >= 0.3 is 0 Å². The molecule has 0 heterocycles. The first-order valence-corrected chi connectivity index (χ1v) is 8.01. The Morgan fingerprint density at radius 2 is 1.90 bits per heavy atom. The van der Waals surface area contributed by atoms with Gasteiger partial charge in [-0.2, -0.15) is 0 Å². The molecule has 20 heavy (non-hydrogen) atoms. The molecule has 0 bridgehead atoms. The van der Waals surface area contributed by atoms with Crippen LogP contribution in [0.25, 0.3) is 0 Å². The van der Waals surface area contributed by atoms with E-state index in [-0.39, 0.29) is 0 Å². The Balaban J connectivity index is 1.77. The minimum Gasteiger partial charge on any atom is -0.312 e. The minimum atomic E-state index is 0.621. The molecule has 0 aromatic heterocycles. The lowest BCUT2D eigenvalue weighted by molar-refractivity contribution is 0.381. The van der Waals surface area contributed by atoms with Crippen molar-refractivity contribution >= 4 is 0 Å². The van der Waals surface area contributed by atoms with Gasteiger partial charge in [-0.3, -0.25) is 0 Å². The van der Waals surface area contributed by atoms with E-state index >= 15 is 0 Å². The van der Waals surface area contributed by atoms with Crippen LogP contribution >= 0.6 is 0 Å². The fourth-order valence-electron chi connectivity index (χ4n) is 3.28. The van der Waals surface area contributed by atoms with Crippen LogP contribution in [0, 0.1) is 11.8 Å². The molecule has 110 valence electrons. The third-order valence-electron chi connectivity index (χ3n) is 4.29. The minimum absolute atomic E-state index is 0.621. The summed E-state index contributed by atoms with van der Waals surface area (Å²) in [4.78, 5) is 0. The number of benzene rings is 1. The van der Waals surface area contributed by atoms with Gasteiger partial charge in [-0.15, -0.1) is 0 Å². The van der Waals surface area contributed by atoms with Crippen LogP contribution in [-0.2, 0) is 6.54 Å². The molecule has 1 aromatic rings. The van der Waals surface area contributed by atoms with E-state index in [0.29, 0.717) is 5.92 Å². The molecule has 2 rings (SSSR count). The summed E-state index contributed by atoms with van der Waals surface area (Å²) in [5, 5.41) is 3.63. The molecule has 0 spiro atoms. The van der Waals surface area contributed by atoms with Crippen molar-refractivity contribution in [2.24, 2.45) is 11.8 Å². The maximum absolute atomic E-state index is 3.63. The Morgan fingerprint density at radius 1 is 1.20 bits per heavy atom. The molecule has 0 aliphatic heterocycles. The van der Waals surface area contributed by atoms with Crippen LogP contribution in [0.3, 0.4) is 0 Å². The van der Waals surface area contributed by atoms with Crippen LogP contribution in [0.1, 0.15) is 57.6 Å². The van der Waals surface area contributed by atoms with E-state index in [2.05, 4.69) is 63.4 Å². The monoisotopic (exact) mass is 271 g/mol. The fraction of sp³-hybridized carbons (Fsp3) is 0.579. The summed E-state index contributed by atoms with van der Waals surface area (Å²) < 4.78 is 0. The maximum atomic E-state index is 3.63.